The third kappa shape index (κ3) is 4.16. The highest BCUT2D eigenvalue weighted by Crippen LogP contribution is 2.64. The number of fused-ring (bicyclic) bond motifs is 1. The van der Waals surface area contributed by atoms with E-state index in [9.17, 15) is 19.5 Å². The number of amides is 3. The summed E-state index contributed by atoms with van der Waals surface area (Å²) < 4.78 is 12.1. The first kappa shape index (κ1) is 26.3. The van der Waals surface area contributed by atoms with Crippen molar-refractivity contribution >= 4 is 17.7 Å². The Hall–Kier alpha value is -1.75. The van der Waals surface area contributed by atoms with Crippen LogP contribution in [0, 0.1) is 17.8 Å². The molecule has 3 N–H and O–H groups in total. The molecule has 0 aromatic heterocycles. The summed E-state index contributed by atoms with van der Waals surface area (Å²) in [7, 11) is 1.58. The number of likely N-dealkylation sites (tertiary alicyclic amines) is 1. The minimum absolute atomic E-state index is 0.0152. The van der Waals surface area contributed by atoms with Gasteiger partial charge in [-0.25, -0.2) is 0 Å². The van der Waals surface area contributed by atoms with Gasteiger partial charge in [0.15, 0.2) is 0 Å². The lowest BCUT2D eigenvalue weighted by Crippen LogP contribution is -2.59. The number of hydrogen-bond donors (Lipinski definition) is 3. The van der Waals surface area contributed by atoms with Crippen molar-refractivity contribution in [2.24, 2.45) is 17.8 Å². The van der Waals surface area contributed by atoms with Crippen LogP contribution in [0.1, 0.15) is 46.5 Å². The highest BCUT2D eigenvalue weighted by Gasteiger charge is 2.79. The Morgan fingerprint density at radius 1 is 1.20 bits per heavy atom. The Balaban J connectivity index is 1.66. The van der Waals surface area contributed by atoms with E-state index in [-0.39, 0.29) is 30.2 Å². The zero-order chi connectivity index (χ0) is 25.4. The molecule has 4 aliphatic heterocycles. The lowest BCUT2D eigenvalue weighted by Gasteiger charge is -2.39. The quantitative estimate of drug-likeness (QED) is 0.383. The maximum absolute atomic E-state index is 14.1. The van der Waals surface area contributed by atoms with Crippen molar-refractivity contribution in [3.8, 4) is 0 Å². The van der Waals surface area contributed by atoms with Crippen LogP contribution in [0.5, 0.6) is 0 Å². The number of nitrogens with one attached hydrogen (secondary N) is 2. The molecular weight excluding hydrogens is 452 g/mol. The first-order valence-corrected chi connectivity index (χ1v) is 13.2. The molecule has 10 heteroatoms. The molecule has 0 radical (unpaired) electrons. The van der Waals surface area contributed by atoms with Gasteiger partial charge in [-0.3, -0.25) is 19.3 Å². The van der Waals surface area contributed by atoms with E-state index in [0.717, 1.165) is 19.5 Å². The van der Waals surface area contributed by atoms with E-state index >= 15 is 0 Å². The number of aliphatic hydroxyl groups excluding tert-OH is 1. The molecule has 198 valence electrons. The number of aliphatic hydroxyl groups is 1. The van der Waals surface area contributed by atoms with Gasteiger partial charge >= 0.3 is 0 Å². The summed E-state index contributed by atoms with van der Waals surface area (Å²) in [4.78, 5) is 44.8. The van der Waals surface area contributed by atoms with Gasteiger partial charge in [0.2, 0.25) is 17.7 Å². The normalized spacial score (nSPS) is 36.2. The molecule has 4 heterocycles. The Morgan fingerprint density at radius 3 is 2.51 bits per heavy atom. The predicted molar refractivity (Wildman–Crippen MR) is 128 cm³/mol. The molecule has 35 heavy (non-hydrogen) atoms. The van der Waals surface area contributed by atoms with Crippen LogP contribution in [0.3, 0.4) is 0 Å². The van der Waals surface area contributed by atoms with Gasteiger partial charge in [-0.05, 0) is 25.2 Å². The molecule has 0 aliphatic carbocycles. The zero-order valence-electron chi connectivity index (χ0n) is 21.5. The van der Waals surface area contributed by atoms with E-state index in [1.54, 1.807) is 11.9 Å². The van der Waals surface area contributed by atoms with Crippen molar-refractivity contribution in [2.45, 2.75) is 69.7 Å². The van der Waals surface area contributed by atoms with Crippen LogP contribution < -0.4 is 10.6 Å². The van der Waals surface area contributed by atoms with Gasteiger partial charge in [-0.15, -0.1) is 0 Å². The lowest BCUT2D eigenvalue weighted by atomic mass is 9.65. The van der Waals surface area contributed by atoms with Gasteiger partial charge in [-0.1, -0.05) is 27.2 Å². The van der Waals surface area contributed by atoms with Crippen LogP contribution in [-0.4, -0.2) is 109 Å². The number of carbonyl (C=O) groups is 3. The second-order valence-corrected chi connectivity index (χ2v) is 10.6. The van der Waals surface area contributed by atoms with Crippen molar-refractivity contribution in [3.05, 3.63) is 0 Å². The predicted octanol–water partition coefficient (Wildman–Crippen LogP) is -0.257. The van der Waals surface area contributed by atoms with Crippen LogP contribution in [0.15, 0.2) is 0 Å². The summed E-state index contributed by atoms with van der Waals surface area (Å²) >= 11 is 0. The zero-order valence-corrected chi connectivity index (χ0v) is 21.5. The molecule has 0 aromatic carbocycles. The maximum atomic E-state index is 14.1. The molecule has 4 fully saturated rings. The highest BCUT2D eigenvalue weighted by molar-refractivity contribution is 5.99. The first-order valence-electron chi connectivity index (χ1n) is 13.2. The second-order valence-electron chi connectivity index (χ2n) is 10.6. The standard InChI is InChI=1S/C25H42N4O6/c1-5-16(3)17(15-30)29-20(22(32)27-9-10-28-11-13-34-14-12-28)25-8-7-24(6-2,35-25)18(21(31)26-4)19(25)23(29)33/h16-20,30H,5-15H2,1-4H3,(H,26,31)(H,27,32)/t16-,17-,18-,19-,20?,24+,25?/m0/s1. The first-order chi connectivity index (χ1) is 16.8. The summed E-state index contributed by atoms with van der Waals surface area (Å²) in [5.74, 6) is -2.13. The maximum Gasteiger partial charge on any atom is 0.245 e. The van der Waals surface area contributed by atoms with Gasteiger partial charge < -0.3 is 30.1 Å². The number of rotatable bonds is 10. The molecule has 10 nitrogen and oxygen atoms in total. The van der Waals surface area contributed by atoms with Crippen LogP contribution >= 0.6 is 0 Å². The van der Waals surface area contributed by atoms with Gasteiger partial charge in [-0.2, -0.15) is 0 Å². The minimum atomic E-state index is -1.06. The molecule has 1 spiro atoms. The summed E-state index contributed by atoms with van der Waals surface area (Å²) in [5, 5.41) is 16.1. The van der Waals surface area contributed by atoms with Crippen LogP contribution in [-0.2, 0) is 23.9 Å². The molecule has 4 saturated heterocycles. The number of carbonyl (C=O) groups excluding carboxylic acids is 3. The topological polar surface area (TPSA) is 120 Å². The molecule has 2 unspecified atom stereocenters. The molecule has 3 amide bonds. The van der Waals surface area contributed by atoms with E-state index in [4.69, 9.17) is 9.47 Å². The Morgan fingerprint density at radius 2 is 1.91 bits per heavy atom. The average molecular weight is 495 g/mol. The summed E-state index contributed by atoms with van der Waals surface area (Å²) in [5.41, 5.74) is -1.81. The van der Waals surface area contributed by atoms with E-state index in [1.807, 2.05) is 20.8 Å². The van der Waals surface area contributed by atoms with Crippen LogP contribution in [0.4, 0.5) is 0 Å². The number of morpholine rings is 1. The SMILES string of the molecule is CC[C@H](C)[C@H](CO)N1C(=O)[C@@H]2[C@@H](C(=O)NC)[C@@]3(CC)CCC2(O3)C1C(=O)NCCN1CCOCC1. The number of nitrogens with zero attached hydrogens (tertiary/aromatic N) is 2. The van der Waals surface area contributed by atoms with Crippen LogP contribution in [0.25, 0.3) is 0 Å². The van der Waals surface area contributed by atoms with E-state index < -0.39 is 35.1 Å². The molecule has 2 bridgehead atoms. The Kier molecular flexibility index (Phi) is 7.76. The molecule has 0 saturated carbocycles. The van der Waals surface area contributed by atoms with E-state index in [0.29, 0.717) is 45.6 Å². The summed E-state index contributed by atoms with van der Waals surface area (Å²) in [6.07, 6.45) is 2.51. The fraction of sp³-hybridized carbons (Fsp3) is 0.880. The fourth-order valence-electron chi connectivity index (χ4n) is 6.94. The third-order valence-corrected chi connectivity index (χ3v) is 9.07. The van der Waals surface area contributed by atoms with Gasteiger partial charge in [0.1, 0.15) is 11.6 Å². The summed E-state index contributed by atoms with van der Waals surface area (Å²) in [6.45, 7) is 9.88. The molecule has 7 atom stereocenters. The van der Waals surface area contributed by atoms with Gasteiger partial charge in [0, 0.05) is 33.2 Å². The highest BCUT2D eigenvalue weighted by atomic mass is 16.5. The van der Waals surface area contributed by atoms with Gasteiger partial charge in [0.05, 0.1) is 43.3 Å². The largest absolute Gasteiger partial charge is 0.394 e. The van der Waals surface area contributed by atoms with Gasteiger partial charge in [0.25, 0.3) is 0 Å². The van der Waals surface area contributed by atoms with Crippen molar-refractivity contribution < 1.29 is 29.0 Å². The molecule has 4 aliphatic rings. The van der Waals surface area contributed by atoms with Crippen molar-refractivity contribution in [1.82, 2.24) is 20.4 Å². The Bertz CT molecular complexity index is 820. The van der Waals surface area contributed by atoms with E-state index in [1.165, 1.54) is 0 Å². The lowest BCUT2D eigenvalue weighted by molar-refractivity contribution is -0.152. The fourth-order valence-corrected chi connectivity index (χ4v) is 6.94. The molecule has 0 aromatic rings. The summed E-state index contributed by atoms with van der Waals surface area (Å²) in [6, 6.07) is -1.40. The second kappa shape index (κ2) is 10.3. The monoisotopic (exact) mass is 494 g/mol. The number of ether oxygens (including phenoxy) is 2. The third-order valence-electron chi connectivity index (χ3n) is 9.07. The van der Waals surface area contributed by atoms with Crippen LogP contribution in [0.2, 0.25) is 0 Å². The molecule has 4 rings (SSSR count). The minimum Gasteiger partial charge on any atom is -0.394 e. The van der Waals surface area contributed by atoms with Crippen molar-refractivity contribution in [2.75, 3.05) is 53.0 Å². The van der Waals surface area contributed by atoms with Crippen molar-refractivity contribution in [3.63, 3.8) is 0 Å². The van der Waals surface area contributed by atoms with E-state index in [2.05, 4.69) is 15.5 Å². The Labute approximate surface area is 208 Å². The molecular formula is C25H42N4O6. The van der Waals surface area contributed by atoms with Crippen molar-refractivity contribution in [1.29, 1.82) is 0 Å². The smallest absolute Gasteiger partial charge is 0.245 e. The number of hydrogen-bond acceptors (Lipinski definition) is 7. The average Bonchev–Trinajstić information content (AvgIpc) is 3.48.